The van der Waals surface area contributed by atoms with Crippen LogP contribution in [0.15, 0.2) is 0 Å². The maximum atomic E-state index is 9.70. The van der Waals surface area contributed by atoms with E-state index in [-0.39, 0.29) is 6.10 Å². The molecule has 84 valence electrons. The third-order valence-corrected chi connectivity index (χ3v) is 3.09. The molecule has 2 heteroatoms. The van der Waals surface area contributed by atoms with Gasteiger partial charge >= 0.3 is 0 Å². The fraction of sp³-hybridized carbons (Fsp3) is 1.00. The Morgan fingerprint density at radius 3 is 2.43 bits per heavy atom. The topological polar surface area (TPSA) is 29.5 Å². The summed E-state index contributed by atoms with van der Waals surface area (Å²) in [4.78, 5) is 0. The molecule has 0 aliphatic heterocycles. The van der Waals surface area contributed by atoms with Gasteiger partial charge in [0.25, 0.3) is 0 Å². The molecular weight excluding hydrogens is 176 g/mol. The Morgan fingerprint density at radius 1 is 1.21 bits per heavy atom. The van der Waals surface area contributed by atoms with Gasteiger partial charge in [-0.1, -0.05) is 38.5 Å². The molecule has 0 saturated heterocycles. The summed E-state index contributed by atoms with van der Waals surface area (Å²) in [7, 11) is 0. The van der Waals surface area contributed by atoms with Crippen LogP contribution in [0.3, 0.4) is 0 Å². The van der Waals surface area contributed by atoms with Crippen LogP contribution < -0.4 is 0 Å². The zero-order valence-corrected chi connectivity index (χ0v) is 9.37. The monoisotopic (exact) mass is 200 g/mol. The van der Waals surface area contributed by atoms with Crippen molar-refractivity contribution in [2.75, 3.05) is 13.2 Å². The lowest BCUT2D eigenvalue weighted by atomic mass is 9.94. The number of aliphatic hydroxyl groups excluding tert-OH is 1. The van der Waals surface area contributed by atoms with E-state index in [9.17, 15) is 5.11 Å². The molecule has 0 spiro atoms. The van der Waals surface area contributed by atoms with Crippen LogP contribution in [0.2, 0.25) is 0 Å². The number of hydrogen-bond acceptors (Lipinski definition) is 2. The maximum absolute atomic E-state index is 9.70. The molecule has 0 aromatic carbocycles. The van der Waals surface area contributed by atoms with Gasteiger partial charge in [0.2, 0.25) is 0 Å². The highest BCUT2D eigenvalue weighted by Gasteiger charge is 2.16. The first-order valence-electron chi connectivity index (χ1n) is 6.08. The molecule has 1 saturated carbocycles. The summed E-state index contributed by atoms with van der Waals surface area (Å²) < 4.78 is 5.22. The van der Waals surface area contributed by atoms with Crippen molar-refractivity contribution in [2.24, 2.45) is 5.92 Å². The first-order valence-corrected chi connectivity index (χ1v) is 6.08. The lowest BCUT2D eigenvalue weighted by Crippen LogP contribution is -2.19. The van der Waals surface area contributed by atoms with E-state index in [4.69, 9.17) is 4.74 Å². The minimum Gasteiger partial charge on any atom is -0.391 e. The van der Waals surface area contributed by atoms with E-state index in [0.29, 0.717) is 13.2 Å². The van der Waals surface area contributed by atoms with E-state index >= 15 is 0 Å². The SMILES string of the molecule is CCOCC(O)CC1CCCCCC1. The van der Waals surface area contributed by atoms with Crippen molar-refractivity contribution in [1.29, 1.82) is 0 Å². The summed E-state index contributed by atoms with van der Waals surface area (Å²) in [5.41, 5.74) is 0. The van der Waals surface area contributed by atoms with Gasteiger partial charge in [0.15, 0.2) is 0 Å². The van der Waals surface area contributed by atoms with Crippen LogP contribution in [-0.4, -0.2) is 24.4 Å². The van der Waals surface area contributed by atoms with Crippen LogP contribution in [0.25, 0.3) is 0 Å². The smallest absolute Gasteiger partial charge is 0.0776 e. The predicted molar refractivity (Wildman–Crippen MR) is 58.3 cm³/mol. The predicted octanol–water partition coefficient (Wildman–Crippen LogP) is 2.74. The summed E-state index contributed by atoms with van der Waals surface area (Å²) in [5, 5.41) is 9.70. The summed E-state index contributed by atoms with van der Waals surface area (Å²) in [6, 6.07) is 0. The van der Waals surface area contributed by atoms with E-state index in [1.165, 1.54) is 38.5 Å². The Morgan fingerprint density at radius 2 is 1.86 bits per heavy atom. The first-order chi connectivity index (χ1) is 6.83. The molecule has 1 fully saturated rings. The van der Waals surface area contributed by atoms with E-state index in [1.807, 2.05) is 6.92 Å². The average molecular weight is 200 g/mol. The third kappa shape index (κ3) is 4.97. The van der Waals surface area contributed by atoms with Crippen LogP contribution in [0.4, 0.5) is 0 Å². The van der Waals surface area contributed by atoms with Crippen LogP contribution in [0.1, 0.15) is 51.9 Å². The van der Waals surface area contributed by atoms with Gasteiger partial charge in [-0.2, -0.15) is 0 Å². The Hall–Kier alpha value is -0.0800. The number of rotatable bonds is 5. The fourth-order valence-electron chi connectivity index (χ4n) is 2.31. The van der Waals surface area contributed by atoms with Gasteiger partial charge in [0.1, 0.15) is 0 Å². The number of ether oxygens (including phenoxy) is 1. The number of hydrogen-bond donors (Lipinski definition) is 1. The van der Waals surface area contributed by atoms with Crippen molar-refractivity contribution in [3.8, 4) is 0 Å². The molecule has 1 aliphatic carbocycles. The Kier molecular flexibility index (Phi) is 6.20. The van der Waals surface area contributed by atoms with E-state index < -0.39 is 0 Å². The zero-order chi connectivity index (χ0) is 10.2. The van der Waals surface area contributed by atoms with Crippen molar-refractivity contribution < 1.29 is 9.84 Å². The molecule has 1 rings (SSSR count). The molecule has 14 heavy (non-hydrogen) atoms. The highest BCUT2D eigenvalue weighted by Crippen LogP contribution is 2.26. The van der Waals surface area contributed by atoms with Crippen molar-refractivity contribution in [1.82, 2.24) is 0 Å². The summed E-state index contributed by atoms with van der Waals surface area (Å²) >= 11 is 0. The largest absolute Gasteiger partial charge is 0.391 e. The third-order valence-electron chi connectivity index (χ3n) is 3.09. The molecule has 0 amide bonds. The fourth-order valence-corrected chi connectivity index (χ4v) is 2.31. The molecule has 0 aromatic rings. The maximum Gasteiger partial charge on any atom is 0.0776 e. The molecule has 0 heterocycles. The molecule has 0 bridgehead atoms. The van der Waals surface area contributed by atoms with Crippen molar-refractivity contribution in [3.63, 3.8) is 0 Å². The zero-order valence-electron chi connectivity index (χ0n) is 9.37. The molecule has 1 N–H and O–H groups in total. The molecular formula is C12H24O2. The van der Waals surface area contributed by atoms with E-state index in [0.717, 1.165) is 12.3 Å². The minimum atomic E-state index is -0.238. The molecule has 1 aliphatic rings. The van der Waals surface area contributed by atoms with Gasteiger partial charge in [0, 0.05) is 6.61 Å². The van der Waals surface area contributed by atoms with Crippen LogP contribution >= 0.6 is 0 Å². The highest BCUT2D eigenvalue weighted by molar-refractivity contribution is 4.68. The second-order valence-electron chi connectivity index (χ2n) is 4.41. The summed E-state index contributed by atoms with van der Waals surface area (Å²) in [6.07, 6.45) is 8.80. The first kappa shape index (κ1) is 12.0. The molecule has 0 aromatic heterocycles. The average Bonchev–Trinajstić information content (AvgIpc) is 2.43. The quantitative estimate of drug-likeness (QED) is 0.691. The number of aliphatic hydroxyl groups is 1. The molecule has 0 radical (unpaired) electrons. The van der Waals surface area contributed by atoms with Gasteiger partial charge in [-0.25, -0.2) is 0 Å². The van der Waals surface area contributed by atoms with Crippen molar-refractivity contribution >= 4 is 0 Å². The van der Waals surface area contributed by atoms with Crippen molar-refractivity contribution in [2.45, 2.75) is 58.0 Å². The standard InChI is InChI=1S/C12H24O2/c1-2-14-10-12(13)9-11-7-5-3-4-6-8-11/h11-13H,2-10H2,1H3. The Balaban J connectivity index is 2.13. The lowest BCUT2D eigenvalue weighted by Gasteiger charge is -2.18. The summed E-state index contributed by atoms with van der Waals surface area (Å²) in [5.74, 6) is 0.743. The molecule has 1 atom stereocenters. The van der Waals surface area contributed by atoms with Crippen molar-refractivity contribution in [3.05, 3.63) is 0 Å². The normalized spacial score (nSPS) is 21.9. The van der Waals surface area contributed by atoms with E-state index in [1.54, 1.807) is 0 Å². The van der Waals surface area contributed by atoms with Gasteiger partial charge in [-0.3, -0.25) is 0 Å². The Bertz CT molecular complexity index is 128. The van der Waals surface area contributed by atoms with Crippen LogP contribution in [-0.2, 0) is 4.74 Å². The minimum absolute atomic E-state index is 0.238. The van der Waals surface area contributed by atoms with Gasteiger partial charge in [-0.15, -0.1) is 0 Å². The van der Waals surface area contributed by atoms with Gasteiger partial charge in [-0.05, 0) is 19.3 Å². The second kappa shape index (κ2) is 7.24. The molecule has 2 nitrogen and oxygen atoms in total. The van der Waals surface area contributed by atoms with E-state index in [2.05, 4.69) is 0 Å². The lowest BCUT2D eigenvalue weighted by molar-refractivity contribution is 0.0278. The second-order valence-corrected chi connectivity index (χ2v) is 4.41. The van der Waals surface area contributed by atoms with Crippen LogP contribution in [0, 0.1) is 5.92 Å². The highest BCUT2D eigenvalue weighted by atomic mass is 16.5. The van der Waals surface area contributed by atoms with Gasteiger partial charge < -0.3 is 9.84 Å². The van der Waals surface area contributed by atoms with Gasteiger partial charge in [0.05, 0.1) is 12.7 Å². The summed E-state index contributed by atoms with van der Waals surface area (Å²) in [6.45, 7) is 3.20. The Labute approximate surface area is 87.7 Å². The molecule has 1 unspecified atom stereocenters. The van der Waals surface area contributed by atoms with Crippen LogP contribution in [0.5, 0.6) is 0 Å².